The Morgan fingerprint density at radius 1 is 0.114 bits per heavy atom. The van der Waals surface area contributed by atoms with E-state index in [2.05, 4.69) is 111 Å². The van der Waals surface area contributed by atoms with Crippen LogP contribution in [0.2, 0.25) is 0 Å². The van der Waals surface area contributed by atoms with Crippen LogP contribution < -0.4 is 0 Å². The Morgan fingerprint density at radius 2 is 0.250 bits per heavy atom. The molecule has 0 fully saturated rings. The van der Waals surface area contributed by atoms with E-state index in [1.807, 2.05) is 0 Å². The molecule has 7 aromatic carbocycles. The van der Waals surface area contributed by atoms with Crippen LogP contribution in [0.3, 0.4) is 0 Å². The van der Waals surface area contributed by atoms with Gasteiger partial charge in [0.2, 0.25) is 0 Å². The van der Waals surface area contributed by atoms with Crippen molar-refractivity contribution in [1.82, 2.24) is 0 Å². The molecule has 0 nitrogen and oxygen atoms in total. The average molecular weight is 577 g/mol. The molecule has 0 aliphatic carbocycles. The van der Waals surface area contributed by atoms with E-state index in [0.717, 1.165) is 0 Å². The van der Waals surface area contributed by atoms with Gasteiger partial charge in [-0.2, -0.15) is 0 Å². The van der Waals surface area contributed by atoms with Gasteiger partial charge in [-0.3, -0.25) is 0 Å². The molecular weight excluding hydrogens is 528 g/mol. The number of fused-ring (bicyclic) bond motifs is 5. The molecule has 0 aromatic heterocycles. The van der Waals surface area contributed by atoms with Gasteiger partial charge in [0.1, 0.15) is 0 Å². The number of hydrogen-bond acceptors (Lipinski definition) is 0. The van der Waals surface area contributed by atoms with Gasteiger partial charge in [0.05, 0.1) is 0 Å². The topological polar surface area (TPSA) is 0 Å². The highest BCUT2D eigenvalue weighted by Crippen LogP contribution is 2.53. The summed E-state index contributed by atoms with van der Waals surface area (Å²) >= 11 is 0. The average Bonchev–Trinajstić information content (AvgIpc) is 2.98. The molecule has 0 amide bonds. The molecule has 7 rings (SSSR count). The van der Waals surface area contributed by atoms with Crippen molar-refractivity contribution in [2.75, 3.05) is 0 Å². The Hall–Kier alpha value is -3.64. The van der Waals surface area contributed by atoms with Gasteiger partial charge in [0.25, 0.3) is 0 Å². The molecule has 224 valence electrons. The zero-order valence-electron chi connectivity index (χ0n) is 30.0. The molecule has 0 spiro atoms. The molecule has 0 unspecified atom stereocenters. The molecule has 7 aromatic rings. The summed E-state index contributed by atoms with van der Waals surface area (Å²) in [6.07, 6.45) is 0. The Balaban J connectivity index is 2.00. The van der Waals surface area contributed by atoms with E-state index in [1.54, 1.807) is 0 Å². The fourth-order valence-corrected chi connectivity index (χ4v) is 9.81. The summed E-state index contributed by atoms with van der Waals surface area (Å²) in [4.78, 5) is 0. The highest BCUT2D eigenvalue weighted by atomic mass is 14.3. The predicted molar refractivity (Wildman–Crippen MR) is 198 cm³/mol. The van der Waals surface area contributed by atoms with Crippen LogP contribution in [0.25, 0.3) is 64.6 Å². The summed E-state index contributed by atoms with van der Waals surface area (Å²) in [5.74, 6) is 0. The van der Waals surface area contributed by atoms with Crippen molar-refractivity contribution >= 4 is 64.6 Å². The minimum Gasteiger partial charge on any atom is -0.0444 e. The molecule has 0 atom stereocenters. The van der Waals surface area contributed by atoms with Crippen LogP contribution in [-0.4, -0.2) is 0 Å². The Kier molecular flexibility index (Phi) is 5.93. The summed E-state index contributed by atoms with van der Waals surface area (Å²) < 4.78 is 0. The van der Waals surface area contributed by atoms with Crippen molar-refractivity contribution in [3.05, 3.63) is 89.0 Å². The van der Waals surface area contributed by atoms with Crippen molar-refractivity contribution in [3.63, 3.8) is 0 Å². The summed E-state index contributed by atoms with van der Waals surface area (Å²) in [5, 5.41) is 17.7. The minimum atomic E-state index is 1.43. The van der Waals surface area contributed by atoms with E-state index < -0.39 is 0 Å². The molecular formula is C44H48. The second kappa shape index (κ2) is 8.97. The first-order chi connectivity index (χ1) is 20.6. The summed E-state index contributed by atoms with van der Waals surface area (Å²) in [6, 6.07) is 0. The number of benzene rings is 7. The molecule has 0 bridgehead atoms. The van der Waals surface area contributed by atoms with Crippen LogP contribution in [-0.2, 0) is 0 Å². The van der Waals surface area contributed by atoms with Crippen LogP contribution in [0.5, 0.6) is 0 Å². The second-order valence-electron chi connectivity index (χ2n) is 14.5. The monoisotopic (exact) mass is 576 g/mol. The van der Waals surface area contributed by atoms with Crippen LogP contribution in [0, 0.1) is 111 Å². The zero-order valence-corrected chi connectivity index (χ0v) is 30.0. The van der Waals surface area contributed by atoms with Crippen LogP contribution >= 0.6 is 0 Å². The molecule has 0 heteroatoms. The number of aryl methyl sites for hydroxylation is 12. The van der Waals surface area contributed by atoms with E-state index in [9.17, 15) is 0 Å². The van der Waals surface area contributed by atoms with Gasteiger partial charge < -0.3 is 0 Å². The molecule has 0 saturated heterocycles. The van der Waals surface area contributed by atoms with Gasteiger partial charge >= 0.3 is 0 Å². The standard InChI is InChI=1S/C44H48/c1-17-18(2)22(6)36-30(14)38-32(16)42-40-26(10)20(4)24(8)34-28(12)27(11)33-23(7)19(3)25(9)39(43(33)44(34)40)41(42)31(15)37(38)29(13)35(36)21(17)5/h1-16H3. The Morgan fingerprint density at radius 3 is 0.545 bits per heavy atom. The second-order valence-corrected chi connectivity index (χ2v) is 14.5. The highest BCUT2D eigenvalue weighted by molar-refractivity contribution is 6.39. The zero-order chi connectivity index (χ0) is 32.2. The molecule has 0 heterocycles. The highest BCUT2D eigenvalue weighted by Gasteiger charge is 2.28. The van der Waals surface area contributed by atoms with Gasteiger partial charge in [0.15, 0.2) is 0 Å². The molecule has 44 heavy (non-hydrogen) atoms. The summed E-state index contributed by atoms with van der Waals surface area (Å²) in [7, 11) is 0. The van der Waals surface area contributed by atoms with Crippen molar-refractivity contribution in [1.29, 1.82) is 0 Å². The van der Waals surface area contributed by atoms with E-state index in [1.165, 1.54) is 154 Å². The smallest absolute Gasteiger partial charge is 0.00116 e. The van der Waals surface area contributed by atoms with Gasteiger partial charge in [0, 0.05) is 0 Å². The van der Waals surface area contributed by atoms with E-state index in [-0.39, 0.29) is 0 Å². The van der Waals surface area contributed by atoms with Gasteiger partial charge in [-0.1, -0.05) is 0 Å². The summed E-state index contributed by atoms with van der Waals surface area (Å²) in [6.45, 7) is 37.9. The quantitative estimate of drug-likeness (QED) is 0.124. The normalized spacial score (nSPS) is 12.5. The van der Waals surface area contributed by atoms with Crippen molar-refractivity contribution < 1.29 is 0 Å². The van der Waals surface area contributed by atoms with Gasteiger partial charge in [-0.15, -0.1) is 0 Å². The predicted octanol–water partition coefficient (Wildman–Crippen LogP) is 13.0. The number of rotatable bonds is 0. The van der Waals surface area contributed by atoms with E-state index >= 15 is 0 Å². The van der Waals surface area contributed by atoms with Crippen LogP contribution in [0.4, 0.5) is 0 Å². The molecule has 0 aliphatic rings. The maximum absolute atomic E-state index is 2.43. The van der Waals surface area contributed by atoms with Gasteiger partial charge in [-0.25, -0.2) is 0 Å². The largest absolute Gasteiger partial charge is 0.0444 e. The third kappa shape index (κ3) is 3.06. The third-order valence-corrected chi connectivity index (χ3v) is 13.0. The van der Waals surface area contributed by atoms with Crippen LogP contribution in [0.1, 0.15) is 89.0 Å². The fraction of sp³-hybridized carbons (Fsp3) is 0.364. The first-order valence-corrected chi connectivity index (χ1v) is 16.5. The Labute approximate surface area is 263 Å². The van der Waals surface area contributed by atoms with E-state index in [4.69, 9.17) is 0 Å². The van der Waals surface area contributed by atoms with Crippen molar-refractivity contribution in [2.45, 2.75) is 111 Å². The maximum Gasteiger partial charge on any atom is -0.00116 e. The van der Waals surface area contributed by atoms with Crippen LogP contribution in [0.15, 0.2) is 0 Å². The SMILES string of the molecule is Cc1c(C)c(C)c2c(C)c3c(C)c4c(c(C)c3c(C)c2c1C)c1c(C)c(C)c(C)c2c(C)c(C)c3c(C)c(C)c(C)c4c3c21. The van der Waals surface area contributed by atoms with Gasteiger partial charge in [-0.05, 0) is 264 Å². The summed E-state index contributed by atoms with van der Waals surface area (Å²) in [5.41, 5.74) is 23.1. The number of hydrogen-bond donors (Lipinski definition) is 0. The lowest BCUT2D eigenvalue weighted by atomic mass is 9.74. The lowest BCUT2D eigenvalue weighted by Crippen LogP contribution is -2.05. The molecule has 0 N–H and O–H groups in total. The van der Waals surface area contributed by atoms with E-state index in [0.29, 0.717) is 0 Å². The maximum atomic E-state index is 2.43. The minimum absolute atomic E-state index is 1.43. The first kappa shape index (κ1) is 29.1. The first-order valence-electron chi connectivity index (χ1n) is 16.5. The van der Waals surface area contributed by atoms with Crippen molar-refractivity contribution in [2.24, 2.45) is 0 Å². The fourth-order valence-electron chi connectivity index (χ4n) is 9.81. The molecule has 0 saturated carbocycles. The Bertz CT molecular complexity index is 2330. The molecule has 0 radical (unpaired) electrons. The van der Waals surface area contributed by atoms with Crippen molar-refractivity contribution in [3.8, 4) is 0 Å². The molecule has 0 aliphatic heterocycles. The third-order valence-electron chi connectivity index (χ3n) is 13.0. The lowest BCUT2D eigenvalue weighted by molar-refractivity contribution is 1.24. The lowest BCUT2D eigenvalue weighted by Gasteiger charge is -2.29.